The van der Waals surface area contributed by atoms with E-state index in [1.165, 1.54) is 5.56 Å². The predicted molar refractivity (Wildman–Crippen MR) is 98.6 cm³/mol. The van der Waals surface area contributed by atoms with E-state index in [-0.39, 0.29) is 17.5 Å². The molecule has 0 spiro atoms. The Labute approximate surface area is 147 Å². The van der Waals surface area contributed by atoms with Crippen LogP contribution in [0.3, 0.4) is 0 Å². The molecule has 2 saturated heterocycles. The first-order valence-electron chi connectivity index (χ1n) is 9.12. The number of rotatable bonds is 2. The van der Waals surface area contributed by atoms with E-state index in [1.807, 2.05) is 24.8 Å². The molecule has 0 radical (unpaired) electrons. The summed E-state index contributed by atoms with van der Waals surface area (Å²) in [4.78, 5) is 32.4. The molecule has 132 valence electrons. The number of carbonyl (C=O) groups excluding carboxylic acids is 1. The fraction of sp³-hybridized carbons (Fsp3) is 0.500. The summed E-state index contributed by atoms with van der Waals surface area (Å²) in [5.74, 6) is 0.206. The second-order valence-corrected chi connectivity index (χ2v) is 7.60. The van der Waals surface area contributed by atoms with Crippen molar-refractivity contribution in [1.82, 2.24) is 14.8 Å². The van der Waals surface area contributed by atoms with Crippen LogP contribution in [0.5, 0.6) is 0 Å². The van der Waals surface area contributed by atoms with Gasteiger partial charge in [0.15, 0.2) is 0 Å². The molecule has 4 rings (SSSR count). The summed E-state index contributed by atoms with van der Waals surface area (Å²) in [7, 11) is 0. The van der Waals surface area contributed by atoms with Crippen LogP contribution in [0.1, 0.15) is 36.5 Å². The van der Waals surface area contributed by atoms with Crippen molar-refractivity contribution in [2.24, 2.45) is 0 Å². The SMILES string of the molecule is Cc1cc(C)c2[nH]c(=O)c(CN3C[C@H]4CCCN4C(=O)[C@@H]3C)cc2c1. The van der Waals surface area contributed by atoms with Gasteiger partial charge in [-0.2, -0.15) is 0 Å². The molecule has 5 nitrogen and oxygen atoms in total. The zero-order valence-electron chi connectivity index (χ0n) is 15.1. The van der Waals surface area contributed by atoms with Gasteiger partial charge in [-0.05, 0) is 56.7 Å². The van der Waals surface area contributed by atoms with Gasteiger partial charge in [0.05, 0.1) is 11.6 Å². The van der Waals surface area contributed by atoms with Gasteiger partial charge in [-0.1, -0.05) is 11.6 Å². The second kappa shape index (κ2) is 5.99. The zero-order valence-corrected chi connectivity index (χ0v) is 15.1. The zero-order chi connectivity index (χ0) is 17.7. The number of nitrogens with one attached hydrogen (secondary N) is 1. The Hall–Kier alpha value is -2.14. The Bertz CT molecular complexity index is 902. The molecule has 2 fully saturated rings. The van der Waals surface area contributed by atoms with E-state index in [1.54, 1.807) is 0 Å². The Morgan fingerprint density at radius 3 is 2.80 bits per heavy atom. The van der Waals surface area contributed by atoms with Crippen LogP contribution in [-0.2, 0) is 11.3 Å². The van der Waals surface area contributed by atoms with Gasteiger partial charge in [-0.3, -0.25) is 14.5 Å². The van der Waals surface area contributed by atoms with E-state index in [4.69, 9.17) is 0 Å². The summed E-state index contributed by atoms with van der Waals surface area (Å²) >= 11 is 0. The fourth-order valence-electron chi connectivity index (χ4n) is 4.41. The Morgan fingerprint density at radius 1 is 1.20 bits per heavy atom. The van der Waals surface area contributed by atoms with E-state index >= 15 is 0 Å². The molecular formula is C20H25N3O2. The summed E-state index contributed by atoms with van der Waals surface area (Å²) in [5, 5.41) is 1.06. The summed E-state index contributed by atoms with van der Waals surface area (Å²) in [6, 6.07) is 6.33. The lowest BCUT2D eigenvalue weighted by Gasteiger charge is -2.41. The maximum atomic E-state index is 12.6. The van der Waals surface area contributed by atoms with Crippen molar-refractivity contribution >= 4 is 16.8 Å². The number of fused-ring (bicyclic) bond motifs is 2. The van der Waals surface area contributed by atoms with Gasteiger partial charge < -0.3 is 9.88 Å². The minimum atomic E-state index is -0.163. The highest BCUT2D eigenvalue weighted by Gasteiger charge is 2.40. The predicted octanol–water partition coefficient (Wildman–Crippen LogP) is 2.34. The molecule has 0 aliphatic carbocycles. The average Bonchev–Trinajstić information content (AvgIpc) is 3.02. The molecule has 0 saturated carbocycles. The Morgan fingerprint density at radius 2 is 2.00 bits per heavy atom. The van der Waals surface area contributed by atoms with Gasteiger partial charge in [0.25, 0.3) is 5.56 Å². The van der Waals surface area contributed by atoms with Crippen molar-refractivity contribution in [2.45, 2.75) is 52.2 Å². The van der Waals surface area contributed by atoms with Crippen molar-refractivity contribution in [2.75, 3.05) is 13.1 Å². The Balaban J connectivity index is 1.67. The molecule has 2 aromatic rings. The lowest BCUT2D eigenvalue weighted by Crippen LogP contribution is -2.58. The van der Waals surface area contributed by atoms with Gasteiger partial charge in [0, 0.05) is 31.2 Å². The number of hydrogen-bond donors (Lipinski definition) is 1. The number of aryl methyl sites for hydroxylation is 2. The number of benzene rings is 1. The van der Waals surface area contributed by atoms with Crippen molar-refractivity contribution in [1.29, 1.82) is 0 Å². The molecule has 0 bridgehead atoms. The van der Waals surface area contributed by atoms with Gasteiger partial charge in [-0.25, -0.2) is 0 Å². The number of H-pyrrole nitrogens is 1. The van der Waals surface area contributed by atoms with Crippen LogP contribution in [-0.4, -0.2) is 45.9 Å². The number of piperazine rings is 1. The molecule has 0 unspecified atom stereocenters. The standard InChI is InChI=1S/C20H25N3O2/c1-12-7-13(2)18-15(8-12)9-16(19(24)21-18)10-22-11-17-5-4-6-23(17)20(25)14(22)3/h7-9,14,17H,4-6,10-11H2,1-3H3,(H,21,24)/t14-,17+/m0/s1. The maximum Gasteiger partial charge on any atom is 0.252 e. The van der Waals surface area contributed by atoms with Crippen LogP contribution in [0.4, 0.5) is 0 Å². The first-order valence-corrected chi connectivity index (χ1v) is 9.12. The summed E-state index contributed by atoms with van der Waals surface area (Å²) in [6.45, 7) is 8.31. The van der Waals surface area contributed by atoms with Crippen LogP contribution < -0.4 is 5.56 Å². The molecule has 2 aliphatic heterocycles. The minimum absolute atomic E-state index is 0.0482. The normalized spacial score (nSPS) is 24.1. The molecule has 5 heteroatoms. The van der Waals surface area contributed by atoms with E-state index in [9.17, 15) is 9.59 Å². The highest BCUT2D eigenvalue weighted by atomic mass is 16.2. The molecule has 2 atom stereocenters. The summed E-state index contributed by atoms with van der Waals surface area (Å²) < 4.78 is 0. The van der Waals surface area contributed by atoms with Crippen LogP contribution in [0.25, 0.3) is 10.9 Å². The number of amides is 1. The number of carbonyl (C=O) groups is 1. The van der Waals surface area contributed by atoms with Crippen molar-refractivity contribution in [3.05, 3.63) is 45.2 Å². The molecule has 1 aromatic carbocycles. The van der Waals surface area contributed by atoms with Crippen molar-refractivity contribution in [3.63, 3.8) is 0 Å². The first kappa shape index (κ1) is 16.3. The van der Waals surface area contributed by atoms with Gasteiger partial charge in [-0.15, -0.1) is 0 Å². The number of aromatic nitrogens is 1. The van der Waals surface area contributed by atoms with Crippen molar-refractivity contribution in [3.8, 4) is 0 Å². The third kappa shape index (κ3) is 2.76. The van der Waals surface area contributed by atoms with E-state index in [2.05, 4.69) is 28.9 Å². The second-order valence-electron chi connectivity index (χ2n) is 7.60. The van der Waals surface area contributed by atoms with Crippen LogP contribution >= 0.6 is 0 Å². The molecule has 1 aromatic heterocycles. The first-order chi connectivity index (χ1) is 11.9. The Kier molecular flexibility index (Phi) is 3.91. The van der Waals surface area contributed by atoms with Gasteiger partial charge >= 0.3 is 0 Å². The highest BCUT2D eigenvalue weighted by Crippen LogP contribution is 2.27. The van der Waals surface area contributed by atoms with Crippen LogP contribution in [0.15, 0.2) is 23.0 Å². The van der Waals surface area contributed by atoms with E-state index in [0.717, 1.165) is 48.0 Å². The quantitative estimate of drug-likeness (QED) is 0.914. The third-order valence-corrected chi connectivity index (χ3v) is 5.75. The number of hydrogen-bond acceptors (Lipinski definition) is 3. The van der Waals surface area contributed by atoms with Crippen molar-refractivity contribution < 1.29 is 4.79 Å². The lowest BCUT2D eigenvalue weighted by molar-refractivity contribution is -0.143. The fourth-order valence-corrected chi connectivity index (χ4v) is 4.41. The van der Waals surface area contributed by atoms with Crippen LogP contribution in [0, 0.1) is 13.8 Å². The molecule has 1 N–H and O–H groups in total. The molecular weight excluding hydrogens is 314 g/mol. The molecule has 2 aliphatic rings. The van der Waals surface area contributed by atoms with Gasteiger partial charge in [0.2, 0.25) is 5.91 Å². The van der Waals surface area contributed by atoms with E-state index in [0.29, 0.717) is 12.6 Å². The summed E-state index contributed by atoms with van der Waals surface area (Å²) in [5.41, 5.74) is 3.87. The van der Waals surface area contributed by atoms with E-state index < -0.39 is 0 Å². The minimum Gasteiger partial charge on any atom is -0.337 e. The topological polar surface area (TPSA) is 56.4 Å². The molecule has 25 heavy (non-hydrogen) atoms. The van der Waals surface area contributed by atoms with Gasteiger partial charge in [0.1, 0.15) is 0 Å². The van der Waals surface area contributed by atoms with Crippen LogP contribution in [0.2, 0.25) is 0 Å². The number of aromatic amines is 1. The smallest absolute Gasteiger partial charge is 0.252 e. The monoisotopic (exact) mass is 339 g/mol. The molecule has 1 amide bonds. The number of nitrogens with zero attached hydrogens (tertiary/aromatic N) is 2. The maximum absolute atomic E-state index is 12.6. The largest absolute Gasteiger partial charge is 0.337 e. The lowest BCUT2D eigenvalue weighted by atomic mass is 10.0. The highest BCUT2D eigenvalue weighted by molar-refractivity contribution is 5.84. The average molecular weight is 339 g/mol. The third-order valence-electron chi connectivity index (χ3n) is 5.75. The number of pyridine rings is 1. The summed E-state index contributed by atoms with van der Waals surface area (Å²) in [6.07, 6.45) is 2.16. The molecule has 3 heterocycles.